The highest BCUT2D eigenvalue weighted by Gasteiger charge is 2.49. The van der Waals surface area contributed by atoms with Crippen molar-refractivity contribution in [3.05, 3.63) is 60.4 Å². The number of carbonyl (C=O) groups is 4. The van der Waals surface area contributed by atoms with Gasteiger partial charge >= 0.3 is 6.03 Å². The van der Waals surface area contributed by atoms with Gasteiger partial charge in [-0.15, -0.1) is 5.10 Å². The minimum absolute atomic E-state index is 0.0758. The van der Waals surface area contributed by atoms with Crippen LogP contribution in [0, 0.1) is 0 Å². The van der Waals surface area contributed by atoms with Crippen molar-refractivity contribution in [3.63, 3.8) is 0 Å². The molecule has 5 amide bonds. The first-order valence-corrected chi connectivity index (χ1v) is 11.0. The van der Waals surface area contributed by atoms with Gasteiger partial charge in [0.05, 0.1) is 5.69 Å². The standard InChI is InChI=1S/C23H22N8O4/c1-23(15-4-2-5-18(12-15)31-14-24-27-28-31)21(34)30(22(35)26-23)13-19(32)25-16-7-9-17(10-8-16)29-11-3-6-20(29)33/h2,4-5,7-10,12,14H,3,6,11,13H2,1H3,(H,25,32)(H,26,35)/t23-/m0/s1. The predicted octanol–water partition coefficient (Wildman–Crippen LogP) is 1.19. The Morgan fingerprint density at radius 2 is 1.91 bits per heavy atom. The van der Waals surface area contributed by atoms with E-state index in [1.807, 2.05) is 0 Å². The molecule has 0 aliphatic carbocycles. The summed E-state index contributed by atoms with van der Waals surface area (Å²) in [6, 6.07) is 13.1. The van der Waals surface area contributed by atoms with Gasteiger partial charge in [-0.25, -0.2) is 9.48 Å². The largest absolute Gasteiger partial charge is 0.325 e. The lowest BCUT2D eigenvalue weighted by molar-refractivity contribution is -0.133. The van der Waals surface area contributed by atoms with Crippen LogP contribution >= 0.6 is 0 Å². The van der Waals surface area contributed by atoms with E-state index in [2.05, 4.69) is 26.2 Å². The SMILES string of the molecule is C[C@@]1(c2cccc(-n3cnnn3)c2)NC(=O)N(CC(=O)Nc2ccc(N3CCCC3=O)cc2)C1=O. The van der Waals surface area contributed by atoms with Crippen LogP contribution in [-0.2, 0) is 19.9 Å². The Hall–Kier alpha value is -4.61. The fraction of sp³-hybridized carbons (Fsp3) is 0.261. The first kappa shape index (κ1) is 22.2. The zero-order valence-corrected chi connectivity index (χ0v) is 18.8. The van der Waals surface area contributed by atoms with Crippen molar-refractivity contribution in [2.75, 3.05) is 23.3 Å². The van der Waals surface area contributed by atoms with Gasteiger partial charge in [-0.05, 0) is 65.7 Å². The molecule has 35 heavy (non-hydrogen) atoms. The molecule has 12 heteroatoms. The Morgan fingerprint density at radius 3 is 2.60 bits per heavy atom. The van der Waals surface area contributed by atoms with Crippen LogP contribution < -0.4 is 15.5 Å². The summed E-state index contributed by atoms with van der Waals surface area (Å²) in [7, 11) is 0. The second-order valence-corrected chi connectivity index (χ2v) is 8.50. The average Bonchev–Trinajstić information content (AvgIpc) is 3.58. The molecule has 2 aliphatic rings. The summed E-state index contributed by atoms with van der Waals surface area (Å²) in [5, 5.41) is 16.4. The maximum absolute atomic E-state index is 13.2. The Kier molecular flexibility index (Phi) is 5.47. The van der Waals surface area contributed by atoms with Gasteiger partial charge < -0.3 is 15.5 Å². The number of tetrazole rings is 1. The van der Waals surface area contributed by atoms with Crippen molar-refractivity contribution < 1.29 is 19.2 Å². The fourth-order valence-electron chi connectivity index (χ4n) is 4.27. The number of imide groups is 1. The quantitative estimate of drug-likeness (QED) is 0.511. The summed E-state index contributed by atoms with van der Waals surface area (Å²) in [4.78, 5) is 53.0. The lowest BCUT2D eigenvalue weighted by atomic mass is 9.91. The van der Waals surface area contributed by atoms with Gasteiger partial charge in [0.15, 0.2) is 0 Å². The van der Waals surface area contributed by atoms with E-state index in [1.165, 1.54) is 11.0 Å². The number of nitrogens with one attached hydrogen (secondary N) is 2. The van der Waals surface area contributed by atoms with E-state index in [0.717, 1.165) is 17.0 Å². The van der Waals surface area contributed by atoms with Crippen molar-refractivity contribution >= 4 is 35.1 Å². The van der Waals surface area contributed by atoms with Gasteiger partial charge in [0.1, 0.15) is 18.4 Å². The molecule has 0 saturated carbocycles. The number of carbonyl (C=O) groups excluding carboxylic acids is 4. The third-order valence-corrected chi connectivity index (χ3v) is 6.15. The van der Waals surface area contributed by atoms with Crippen LogP contribution in [0.3, 0.4) is 0 Å². The summed E-state index contributed by atoms with van der Waals surface area (Å²) in [5.41, 5.74) is 1.05. The molecule has 3 heterocycles. The maximum Gasteiger partial charge on any atom is 0.325 e. The molecule has 12 nitrogen and oxygen atoms in total. The number of nitrogens with zero attached hydrogens (tertiary/aromatic N) is 6. The number of anilines is 2. The Labute approximate surface area is 199 Å². The number of aromatic nitrogens is 4. The van der Waals surface area contributed by atoms with E-state index >= 15 is 0 Å². The summed E-state index contributed by atoms with van der Waals surface area (Å²) < 4.78 is 1.43. The molecule has 178 valence electrons. The monoisotopic (exact) mass is 474 g/mol. The Balaban J connectivity index is 1.27. The fourth-order valence-corrected chi connectivity index (χ4v) is 4.27. The molecule has 0 bridgehead atoms. The second-order valence-electron chi connectivity index (χ2n) is 8.50. The van der Waals surface area contributed by atoms with E-state index in [4.69, 9.17) is 0 Å². The normalized spacial score (nSPS) is 19.9. The molecule has 5 rings (SSSR count). The molecular weight excluding hydrogens is 452 g/mol. The van der Waals surface area contributed by atoms with Gasteiger partial charge in [0.2, 0.25) is 11.8 Å². The second kappa shape index (κ2) is 8.63. The lowest BCUT2D eigenvalue weighted by Gasteiger charge is -2.22. The molecule has 1 atom stereocenters. The summed E-state index contributed by atoms with van der Waals surface area (Å²) in [5.74, 6) is -0.994. The van der Waals surface area contributed by atoms with Crippen LogP contribution in [0.15, 0.2) is 54.9 Å². The zero-order valence-electron chi connectivity index (χ0n) is 18.8. The molecule has 2 fully saturated rings. The molecule has 0 radical (unpaired) electrons. The van der Waals surface area contributed by atoms with Crippen molar-refractivity contribution in [2.24, 2.45) is 0 Å². The van der Waals surface area contributed by atoms with Crippen LogP contribution in [0.5, 0.6) is 0 Å². The molecule has 2 aromatic carbocycles. The number of urea groups is 1. The zero-order chi connectivity index (χ0) is 24.6. The average molecular weight is 474 g/mol. The van der Waals surface area contributed by atoms with Crippen LogP contribution in [0.4, 0.5) is 16.2 Å². The van der Waals surface area contributed by atoms with E-state index in [0.29, 0.717) is 29.9 Å². The number of amides is 5. The summed E-state index contributed by atoms with van der Waals surface area (Å²) in [6.45, 7) is 1.82. The van der Waals surface area contributed by atoms with E-state index in [9.17, 15) is 19.2 Å². The number of hydrogen-bond donors (Lipinski definition) is 2. The van der Waals surface area contributed by atoms with E-state index in [1.54, 1.807) is 60.4 Å². The van der Waals surface area contributed by atoms with Crippen molar-refractivity contribution in [1.82, 2.24) is 30.4 Å². The predicted molar refractivity (Wildman–Crippen MR) is 123 cm³/mol. The van der Waals surface area contributed by atoms with Gasteiger partial charge in [-0.3, -0.25) is 19.3 Å². The van der Waals surface area contributed by atoms with Crippen molar-refractivity contribution in [1.29, 1.82) is 0 Å². The Bertz CT molecular complexity index is 1310. The molecule has 0 unspecified atom stereocenters. The van der Waals surface area contributed by atoms with Crippen LogP contribution in [0.1, 0.15) is 25.3 Å². The smallest absolute Gasteiger partial charge is 0.325 e. The third-order valence-electron chi connectivity index (χ3n) is 6.15. The molecule has 2 saturated heterocycles. The van der Waals surface area contributed by atoms with Crippen LogP contribution in [0.25, 0.3) is 5.69 Å². The topological polar surface area (TPSA) is 142 Å². The van der Waals surface area contributed by atoms with Crippen LogP contribution in [0.2, 0.25) is 0 Å². The molecule has 3 aromatic rings. The number of benzene rings is 2. The third kappa shape index (κ3) is 4.09. The molecule has 2 N–H and O–H groups in total. The number of hydrogen-bond acceptors (Lipinski definition) is 7. The number of rotatable bonds is 6. The first-order valence-electron chi connectivity index (χ1n) is 11.0. The van der Waals surface area contributed by atoms with Gasteiger partial charge in [-0.1, -0.05) is 12.1 Å². The van der Waals surface area contributed by atoms with Gasteiger partial charge in [0, 0.05) is 24.3 Å². The Morgan fingerprint density at radius 1 is 1.11 bits per heavy atom. The minimum Gasteiger partial charge on any atom is -0.325 e. The van der Waals surface area contributed by atoms with E-state index in [-0.39, 0.29) is 5.91 Å². The molecule has 0 spiro atoms. The molecule has 2 aliphatic heterocycles. The lowest BCUT2D eigenvalue weighted by Crippen LogP contribution is -2.42. The highest BCUT2D eigenvalue weighted by atomic mass is 16.2. The molecule has 1 aromatic heterocycles. The van der Waals surface area contributed by atoms with Crippen molar-refractivity contribution in [3.8, 4) is 5.69 Å². The van der Waals surface area contributed by atoms with Gasteiger partial charge in [-0.2, -0.15) is 0 Å². The molecular formula is C23H22N8O4. The minimum atomic E-state index is -1.36. The first-order chi connectivity index (χ1) is 16.8. The van der Waals surface area contributed by atoms with Gasteiger partial charge in [0.25, 0.3) is 5.91 Å². The highest BCUT2D eigenvalue weighted by Crippen LogP contribution is 2.30. The van der Waals surface area contributed by atoms with Crippen molar-refractivity contribution in [2.45, 2.75) is 25.3 Å². The maximum atomic E-state index is 13.2. The summed E-state index contributed by atoms with van der Waals surface area (Å²) >= 11 is 0. The van der Waals surface area contributed by atoms with E-state index < -0.39 is 29.9 Å². The van der Waals surface area contributed by atoms with Crippen LogP contribution in [-0.4, -0.2) is 61.9 Å². The summed E-state index contributed by atoms with van der Waals surface area (Å²) in [6.07, 6.45) is 2.78. The highest BCUT2D eigenvalue weighted by molar-refractivity contribution is 6.10.